The minimum absolute atomic E-state index is 0.0973. The van der Waals surface area contributed by atoms with Crippen molar-refractivity contribution in [2.75, 3.05) is 13.2 Å². The number of esters is 2. The summed E-state index contributed by atoms with van der Waals surface area (Å²) in [5.41, 5.74) is 0. The third-order valence-corrected chi connectivity index (χ3v) is 13.1. The predicted octanol–water partition coefficient (Wildman–Crippen LogP) is 23.0. The van der Waals surface area contributed by atoms with Crippen LogP contribution in [0.2, 0.25) is 0 Å². The molecule has 0 saturated heterocycles. The molecule has 1 atom stereocenters. The van der Waals surface area contributed by atoms with Crippen molar-refractivity contribution in [1.82, 2.24) is 0 Å². The average molecular weight is 1120 g/mol. The van der Waals surface area contributed by atoms with Gasteiger partial charge in [0.05, 0.1) is 6.61 Å². The molecule has 0 aliphatic heterocycles. The van der Waals surface area contributed by atoms with Crippen LogP contribution in [0.25, 0.3) is 0 Å². The molecule has 0 heterocycles. The van der Waals surface area contributed by atoms with E-state index in [1.807, 2.05) is 0 Å². The Morgan fingerprint density at radius 3 is 0.756 bits per heavy atom. The van der Waals surface area contributed by atoms with Crippen LogP contribution in [0.4, 0.5) is 0 Å². The van der Waals surface area contributed by atoms with Crippen LogP contribution in [0.3, 0.4) is 0 Å². The molecule has 0 saturated carbocycles. The van der Waals surface area contributed by atoms with Crippen molar-refractivity contribution in [1.29, 1.82) is 0 Å². The van der Waals surface area contributed by atoms with Crippen molar-refractivity contribution < 1.29 is 24.2 Å². The summed E-state index contributed by atoms with van der Waals surface area (Å²) in [5, 5.41) is 9.68. The first-order valence-electron chi connectivity index (χ1n) is 32.6. The Morgan fingerprint density at radius 2 is 0.488 bits per heavy atom. The molecule has 0 rings (SSSR count). The Hall–Kier alpha value is -5.52. The van der Waals surface area contributed by atoms with E-state index in [0.29, 0.717) is 12.8 Å². The Balaban J connectivity index is 3.67. The van der Waals surface area contributed by atoms with Gasteiger partial charge in [-0.15, -0.1) is 0 Å². The van der Waals surface area contributed by atoms with Crippen LogP contribution in [0.1, 0.15) is 245 Å². The first-order valence-corrected chi connectivity index (χ1v) is 32.6. The second kappa shape index (κ2) is 69.7. The molecule has 1 N–H and O–H groups in total. The number of aliphatic hydroxyl groups excluding tert-OH is 1. The maximum atomic E-state index is 12.3. The van der Waals surface area contributed by atoms with E-state index in [2.05, 4.69) is 220 Å². The molecule has 0 aromatic heterocycles. The summed E-state index contributed by atoms with van der Waals surface area (Å²) in [6.07, 6.45) is 112. The zero-order chi connectivity index (χ0) is 59.1. The van der Waals surface area contributed by atoms with Crippen LogP contribution in [0, 0.1) is 0 Å². The van der Waals surface area contributed by atoms with Gasteiger partial charge in [-0.3, -0.25) is 9.59 Å². The third-order valence-electron chi connectivity index (χ3n) is 13.1. The summed E-state index contributed by atoms with van der Waals surface area (Å²) in [7, 11) is 0. The van der Waals surface area contributed by atoms with Crippen LogP contribution < -0.4 is 0 Å². The number of carbonyl (C=O) groups excluding carboxylic acids is 2. The van der Waals surface area contributed by atoms with Gasteiger partial charge in [-0.05, 0) is 148 Å². The molecule has 0 amide bonds. The second-order valence-electron chi connectivity index (χ2n) is 20.7. The lowest BCUT2D eigenvalue weighted by atomic mass is 10.0. The van der Waals surface area contributed by atoms with Crippen molar-refractivity contribution in [3.8, 4) is 0 Å². The minimum Gasteiger partial charge on any atom is -0.462 e. The van der Waals surface area contributed by atoms with E-state index in [1.165, 1.54) is 70.6 Å². The number of aliphatic hydroxyl groups is 1. The van der Waals surface area contributed by atoms with Gasteiger partial charge < -0.3 is 14.6 Å². The number of hydrogen-bond donors (Lipinski definition) is 1. The Morgan fingerprint density at radius 1 is 0.280 bits per heavy atom. The van der Waals surface area contributed by atoms with Gasteiger partial charge in [-0.2, -0.15) is 0 Å². The first-order chi connectivity index (χ1) is 40.6. The summed E-state index contributed by atoms with van der Waals surface area (Å²) in [6.45, 7) is 3.87. The van der Waals surface area contributed by atoms with Gasteiger partial charge in [0.15, 0.2) is 6.10 Å². The van der Waals surface area contributed by atoms with E-state index < -0.39 is 6.10 Å². The fraction of sp³-hybridized carbons (Fsp3) is 0.532. The average Bonchev–Trinajstić information content (AvgIpc) is 3.49. The molecule has 0 aliphatic carbocycles. The highest BCUT2D eigenvalue weighted by atomic mass is 16.6. The maximum absolute atomic E-state index is 12.3. The topological polar surface area (TPSA) is 72.8 Å². The Bertz CT molecular complexity index is 1950. The number of rotatable bonds is 57. The molecule has 82 heavy (non-hydrogen) atoms. The molecule has 456 valence electrons. The summed E-state index contributed by atoms with van der Waals surface area (Å²) < 4.78 is 10.7. The van der Waals surface area contributed by atoms with Crippen molar-refractivity contribution in [3.05, 3.63) is 207 Å². The molecule has 5 heteroatoms. The number of allylic oxidation sites excluding steroid dienone is 34. The number of hydrogen-bond acceptors (Lipinski definition) is 5. The van der Waals surface area contributed by atoms with Gasteiger partial charge in [0.1, 0.15) is 6.61 Å². The highest BCUT2D eigenvalue weighted by Crippen LogP contribution is 2.15. The van der Waals surface area contributed by atoms with E-state index in [4.69, 9.17) is 9.47 Å². The second-order valence-corrected chi connectivity index (χ2v) is 20.7. The molecule has 1 unspecified atom stereocenters. The molecule has 0 spiro atoms. The van der Waals surface area contributed by atoms with Gasteiger partial charge in [-0.25, -0.2) is 0 Å². The molecular formula is C77H118O5. The van der Waals surface area contributed by atoms with Crippen molar-refractivity contribution in [3.63, 3.8) is 0 Å². The van der Waals surface area contributed by atoms with Crippen molar-refractivity contribution in [2.45, 2.75) is 251 Å². The molecule has 5 nitrogen and oxygen atoms in total. The van der Waals surface area contributed by atoms with Gasteiger partial charge in [-0.1, -0.05) is 291 Å². The van der Waals surface area contributed by atoms with Crippen LogP contribution >= 0.6 is 0 Å². The van der Waals surface area contributed by atoms with E-state index in [9.17, 15) is 14.7 Å². The number of carbonyl (C=O) groups is 2. The highest BCUT2D eigenvalue weighted by Gasteiger charge is 2.16. The van der Waals surface area contributed by atoms with E-state index in [-0.39, 0.29) is 31.6 Å². The molecule has 0 bridgehead atoms. The standard InChI is InChI=1S/C77H118O5/c1-3-5-7-9-11-13-15-17-19-21-23-25-27-29-31-33-34-35-36-37-38-39-40-41-42-44-46-48-50-52-54-56-58-60-62-64-66-68-70-72-77(80)82-75(73-78)74-81-76(79)71-69-67-65-63-61-59-57-55-53-51-49-47-45-43-32-30-28-26-24-22-20-18-16-14-12-10-8-6-4-2/h5-8,11-14,17-20,23-26,29-32,34-35,37-38,40-41,44,46,50,52,56,58,62,64,75,78H,3-4,9-10,15-16,21-22,27-28,33,36,39,42-43,45,47-49,51,53-55,57,59-61,63,65-74H2,1-2H3/b7-5-,8-6-,13-11-,14-12-,19-17-,20-18-,25-23-,26-24-,31-29-,32-30-,35-34-,38-37-,41-40-,46-44-,52-50-,58-56-,64-62-. The molecule has 0 fully saturated rings. The minimum atomic E-state index is -0.813. The van der Waals surface area contributed by atoms with Gasteiger partial charge in [0.25, 0.3) is 0 Å². The molecule has 0 aromatic rings. The van der Waals surface area contributed by atoms with E-state index in [1.54, 1.807) is 0 Å². The summed E-state index contributed by atoms with van der Waals surface area (Å²) in [6, 6.07) is 0. The van der Waals surface area contributed by atoms with Crippen LogP contribution in [-0.2, 0) is 19.1 Å². The molecular weight excluding hydrogens is 1000 g/mol. The molecule has 0 aliphatic rings. The van der Waals surface area contributed by atoms with Gasteiger partial charge >= 0.3 is 11.9 Å². The smallest absolute Gasteiger partial charge is 0.306 e. The lowest BCUT2D eigenvalue weighted by Crippen LogP contribution is -2.28. The van der Waals surface area contributed by atoms with Crippen molar-refractivity contribution >= 4 is 11.9 Å². The maximum Gasteiger partial charge on any atom is 0.306 e. The van der Waals surface area contributed by atoms with Crippen molar-refractivity contribution in [2.24, 2.45) is 0 Å². The predicted molar refractivity (Wildman–Crippen MR) is 361 cm³/mol. The zero-order valence-electron chi connectivity index (χ0n) is 52.2. The van der Waals surface area contributed by atoms with E-state index >= 15 is 0 Å². The first kappa shape index (κ1) is 76.5. The number of ether oxygens (including phenoxy) is 2. The summed E-state index contributed by atoms with van der Waals surface area (Å²) in [4.78, 5) is 24.6. The van der Waals surface area contributed by atoms with Crippen LogP contribution in [0.5, 0.6) is 0 Å². The summed E-state index contributed by atoms with van der Waals surface area (Å²) in [5.74, 6) is -0.656. The van der Waals surface area contributed by atoms with E-state index in [0.717, 1.165) is 141 Å². The lowest BCUT2D eigenvalue weighted by molar-refractivity contribution is -0.161. The molecule has 0 radical (unpaired) electrons. The monoisotopic (exact) mass is 1120 g/mol. The SMILES string of the molecule is CC/C=C\C/C=C\C/C=C\C/C=C\C/C=C\C/C=C\C/C=C\C/C=C\C/C=C\C/C=C\C/C=C\C/C=C\CCCCC(=O)OC(CO)COC(=O)CCCCCCCCCCCCCCC/C=C\C/C=C\C/C=C\C/C=C\C/C=C\CC. The third kappa shape index (κ3) is 67.0. The van der Waals surface area contributed by atoms with Gasteiger partial charge in [0, 0.05) is 12.8 Å². The summed E-state index contributed by atoms with van der Waals surface area (Å²) >= 11 is 0. The fourth-order valence-corrected chi connectivity index (χ4v) is 8.27. The Kier molecular flexibility index (Phi) is 65.1. The number of unbranched alkanes of at least 4 members (excludes halogenated alkanes) is 15. The van der Waals surface area contributed by atoms with Gasteiger partial charge in [0.2, 0.25) is 0 Å². The van der Waals surface area contributed by atoms with Crippen LogP contribution in [0.15, 0.2) is 207 Å². The molecule has 0 aromatic carbocycles. The van der Waals surface area contributed by atoms with Crippen LogP contribution in [-0.4, -0.2) is 36.4 Å². The normalized spacial score (nSPS) is 13.6. The lowest BCUT2D eigenvalue weighted by Gasteiger charge is -2.15. The zero-order valence-corrected chi connectivity index (χ0v) is 52.2. The Labute approximate surface area is 504 Å². The quantitative estimate of drug-likeness (QED) is 0.0373. The highest BCUT2D eigenvalue weighted by molar-refractivity contribution is 5.70. The fourth-order valence-electron chi connectivity index (χ4n) is 8.27. The largest absolute Gasteiger partial charge is 0.462 e.